The number of hydrogen-bond acceptors (Lipinski definition) is 2. The fourth-order valence-electron chi connectivity index (χ4n) is 1.54. The van der Waals surface area contributed by atoms with Crippen LogP contribution in [0.5, 0.6) is 0 Å². The Morgan fingerprint density at radius 2 is 2.20 bits per heavy atom. The van der Waals surface area contributed by atoms with Crippen LogP contribution < -0.4 is 0 Å². The minimum atomic E-state index is -0.0447. The molecule has 1 aromatic carbocycles. The third kappa shape index (κ3) is 1.88. The highest BCUT2D eigenvalue weighted by Crippen LogP contribution is 2.30. The second-order valence-electron chi connectivity index (χ2n) is 3.24. The molecule has 0 aliphatic heterocycles. The van der Waals surface area contributed by atoms with E-state index in [1.54, 1.807) is 0 Å². The summed E-state index contributed by atoms with van der Waals surface area (Å²) in [7, 11) is 0. The molecule has 4 heteroatoms. The van der Waals surface area contributed by atoms with Crippen molar-refractivity contribution >= 4 is 48.6 Å². The first kappa shape index (κ1) is 10.9. The Hall–Kier alpha value is -0.610. The third-order valence-electron chi connectivity index (χ3n) is 2.21. The zero-order valence-corrected chi connectivity index (χ0v) is 11.2. The summed E-state index contributed by atoms with van der Waals surface area (Å²) in [6.45, 7) is 1.51. The van der Waals surface area contributed by atoms with Crippen LogP contribution >= 0.6 is 31.9 Å². The van der Waals surface area contributed by atoms with Gasteiger partial charge in [0.05, 0.1) is 0 Å². The Morgan fingerprint density at radius 1 is 1.47 bits per heavy atom. The van der Waals surface area contributed by atoms with E-state index in [9.17, 15) is 4.79 Å². The highest BCUT2D eigenvalue weighted by molar-refractivity contribution is 9.10. The summed E-state index contributed by atoms with van der Waals surface area (Å²) in [5.41, 5.74) is 1.66. The minimum Gasteiger partial charge on any atom is -0.453 e. The molecule has 0 spiro atoms. The van der Waals surface area contributed by atoms with Crippen molar-refractivity contribution in [1.82, 2.24) is 0 Å². The molecule has 1 aromatic heterocycles. The molecule has 0 bridgehead atoms. The smallest absolute Gasteiger partial charge is 0.195 e. The highest BCUT2D eigenvalue weighted by atomic mass is 79.9. The van der Waals surface area contributed by atoms with Gasteiger partial charge in [0, 0.05) is 27.7 Å². The van der Waals surface area contributed by atoms with Gasteiger partial charge in [-0.05, 0) is 18.2 Å². The molecule has 0 saturated carbocycles. The molecule has 0 amide bonds. The second kappa shape index (κ2) is 4.10. The van der Waals surface area contributed by atoms with Crippen molar-refractivity contribution in [1.29, 1.82) is 0 Å². The van der Waals surface area contributed by atoms with E-state index in [-0.39, 0.29) is 5.78 Å². The van der Waals surface area contributed by atoms with Crippen LogP contribution in [0, 0.1) is 0 Å². The van der Waals surface area contributed by atoms with Crippen LogP contribution in [0.3, 0.4) is 0 Å². The molecule has 0 saturated heterocycles. The van der Waals surface area contributed by atoms with Crippen LogP contribution in [0.25, 0.3) is 11.0 Å². The first-order valence-electron chi connectivity index (χ1n) is 4.41. The topological polar surface area (TPSA) is 30.2 Å². The summed E-state index contributed by atoms with van der Waals surface area (Å²) in [6.07, 6.45) is 0. The van der Waals surface area contributed by atoms with Gasteiger partial charge >= 0.3 is 0 Å². The van der Waals surface area contributed by atoms with Gasteiger partial charge in [-0.2, -0.15) is 0 Å². The number of rotatable bonds is 2. The number of carbonyl (C=O) groups excluding carboxylic acids is 1. The van der Waals surface area contributed by atoms with Crippen molar-refractivity contribution in [2.45, 2.75) is 12.3 Å². The standard InChI is InChI=1S/C11H8Br2O2/c1-6(14)11-9(5-12)8-3-2-7(13)4-10(8)15-11/h2-4H,5H2,1H3. The number of carbonyl (C=O) groups is 1. The van der Waals surface area contributed by atoms with E-state index < -0.39 is 0 Å². The van der Waals surface area contributed by atoms with Crippen molar-refractivity contribution in [3.63, 3.8) is 0 Å². The monoisotopic (exact) mass is 330 g/mol. The number of benzene rings is 1. The molecule has 0 aliphatic carbocycles. The lowest BCUT2D eigenvalue weighted by molar-refractivity contribution is 0.0988. The summed E-state index contributed by atoms with van der Waals surface area (Å²) >= 11 is 6.74. The highest BCUT2D eigenvalue weighted by Gasteiger charge is 2.16. The summed E-state index contributed by atoms with van der Waals surface area (Å²) in [6, 6.07) is 5.76. The number of furan rings is 1. The maximum atomic E-state index is 11.4. The van der Waals surface area contributed by atoms with Gasteiger partial charge in [0.1, 0.15) is 5.58 Å². The Kier molecular flexibility index (Phi) is 2.98. The molecule has 2 nitrogen and oxygen atoms in total. The lowest BCUT2D eigenvalue weighted by Gasteiger charge is -1.93. The quantitative estimate of drug-likeness (QED) is 0.607. The summed E-state index contributed by atoms with van der Waals surface area (Å²) in [4.78, 5) is 11.4. The van der Waals surface area contributed by atoms with Crippen molar-refractivity contribution in [3.05, 3.63) is 34.0 Å². The third-order valence-corrected chi connectivity index (χ3v) is 3.26. The van der Waals surface area contributed by atoms with Gasteiger partial charge in [-0.1, -0.05) is 31.9 Å². The molecule has 2 aromatic rings. The molecule has 0 radical (unpaired) electrons. The summed E-state index contributed by atoms with van der Waals surface area (Å²) in [5, 5.41) is 1.61. The summed E-state index contributed by atoms with van der Waals surface area (Å²) < 4.78 is 6.47. The molecular formula is C11H8Br2O2. The van der Waals surface area contributed by atoms with Crippen LogP contribution in [0.4, 0.5) is 0 Å². The van der Waals surface area contributed by atoms with Crippen LogP contribution in [-0.4, -0.2) is 5.78 Å². The maximum absolute atomic E-state index is 11.4. The molecule has 0 aliphatic rings. The average molecular weight is 332 g/mol. The van der Waals surface area contributed by atoms with Crippen LogP contribution in [0.15, 0.2) is 27.1 Å². The van der Waals surface area contributed by atoms with E-state index in [4.69, 9.17) is 4.42 Å². The predicted octanol–water partition coefficient (Wildman–Crippen LogP) is 4.29. The molecule has 1 heterocycles. The van der Waals surface area contributed by atoms with Gasteiger partial charge < -0.3 is 4.42 Å². The first-order valence-corrected chi connectivity index (χ1v) is 6.32. The fourth-order valence-corrected chi connectivity index (χ4v) is 2.44. The Bertz CT molecular complexity index is 529. The van der Waals surface area contributed by atoms with E-state index in [0.717, 1.165) is 21.0 Å². The van der Waals surface area contributed by atoms with Gasteiger partial charge in [0.25, 0.3) is 0 Å². The van der Waals surface area contributed by atoms with E-state index >= 15 is 0 Å². The molecule has 0 atom stereocenters. The summed E-state index contributed by atoms with van der Waals surface area (Å²) in [5.74, 6) is 0.400. The molecule has 0 fully saturated rings. The zero-order chi connectivity index (χ0) is 11.0. The lowest BCUT2D eigenvalue weighted by atomic mass is 10.1. The lowest BCUT2D eigenvalue weighted by Crippen LogP contribution is -1.92. The van der Waals surface area contributed by atoms with Crippen molar-refractivity contribution in [2.75, 3.05) is 0 Å². The Balaban J connectivity index is 2.78. The number of ketones is 1. The Labute approximate surface area is 104 Å². The first-order chi connectivity index (χ1) is 7.13. The van der Waals surface area contributed by atoms with E-state index in [1.807, 2.05) is 18.2 Å². The number of Topliss-reactive ketones (excluding diaryl/α,β-unsaturated/α-hetero) is 1. The largest absolute Gasteiger partial charge is 0.453 e. The normalized spacial score (nSPS) is 10.9. The number of alkyl halides is 1. The predicted molar refractivity (Wildman–Crippen MR) is 66.5 cm³/mol. The van der Waals surface area contributed by atoms with Crippen LogP contribution in [-0.2, 0) is 5.33 Å². The minimum absolute atomic E-state index is 0.0447. The van der Waals surface area contributed by atoms with Crippen molar-refractivity contribution in [2.24, 2.45) is 0 Å². The SMILES string of the molecule is CC(=O)c1oc2cc(Br)ccc2c1CBr. The number of halogens is 2. The van der Waals surface area contributed by atoms with E-state index in [0.29, 0.717) is 11.1 Å². The van der Waals surface area contributed by atoms with Crippen molar-refractivity contribution in [3.8, 4) is 0 Å². The zero-order valence-electron chi connectivity index (χ0n) is 8.01. The van der Waals surface area contributed by atoms with Gasteiger partial charge in [0.15, 0.2) is 11.5 Å². The molecule has 78 valence electrons. The Morgan fingerprint density at radius 3 is 2.80 bits per heavy atom. The van der Waals surface area contributed by atoms with Gasteiger partial charge in [-0.15, -0.1) is 0 Å². The van der Waals surface area contributed by atoms with Crippen LogP contribution in [0.2, 0.25) is 0 Å². The number of fused-ring (bicyclic) bond motifs is 1. The molecular weight excluding hydrogens is 324 g/mol. The van der Waals surface area contributed by atoms with Gasteiger partial charge in [0.2, 0.25) is 0 Å². The maximum Gasteiger partial charge on any atom is 0.195 e. The van der Waals surface area contributed by atoms with E-state index in [2.05, 4.69) is 31.9 Å². The average Bonchev–Trinajstić information content (AvgIpc) is 2.55. The molecule has 0 N–H and O–H groups in total. The van der Waals surface area contributed by atoms with Gasteiger partial charge in [-0.3, -0.25) is 4.79 Å². The molecule has 0 unspecified atom stereocenters. The van der Waals surface area contributed by atoms with Crippen molar-refractivity contribution < 1.29 is 9.21 Å². The molecule has 2 rings (SSSR count). The van der Waals surface area contributed by atoms with Crippen LogP contribution in [0.1, 0.15) is 23.0 Å². The van der Waals surface area contributed by atoms with Gasteiger partial charge in [-0.25, -0.2) is 0 Å². The second-order valence-corrected chi connectivity index (χ2v) is 4.72. The van der Waals surface area contributed by atoms with E-state index in [1.165, 1.54) is 6.92 Å². The molecule has 15 heavy (non-hydrogen) atoms. The number of hydrogen-bond donors (Lipinski definition) is 0. The fraction of sp³-hybridized carbons (Fsp3) is 0.182.